The van der Waals surface area contributed by atoms with Crippen LogP contribution in [-0.2, 0) is 7.05 Å². The van der Waals surface area contributed by atoms with Crippen molar-refractivity contribution in [1.82, 2.24) is 9.78 Å². The van der Waals surface area contributed by atoms with Crippen molar-refractivity contribution >= 4 is 17.4 Å². The first-order chi connectivity index (χ1) is 7.09. The van der Waals surface area contributed by atoms with E-state index in [2.05, 4.69) is 5.10 Å². The lowest BCUT2D eigenvalue weighted by molar-refractivity contribution is -0.256. The number of carbonyl (C=O) groups excluding carboxylic acids is 1. The number of alkyl halides is 5. The van der Waals surface area contributed by atoms with E-state index in [9.17, 15) is 26.7 Å². The largest absolute Gasteiger partial charge is 0.461 e. The standard InChI is InChI=1S/C7H4ClF5N2O/c1-15-4(3(8)2-14-15)5(16)6(9,10)7(11,12)13/h2H,1H3. The molecule has 0 aliphatic carbocycles. The van der Waals surface area contributed by atoms with Crippen molar-refractivity contribution in [3.8, 4) is 0 Å². The average molecular weight is 263 g/mol. The van der Waals surface area contributed by atoms with E-state index in [1.807, 2.05) is 0 Å². The molecular formula is C7H4ClF5N2O. The monoisotopic (exact) mass is 262 g/mol. The Hall–Kier alpha value is -1.18. The number of aromatic nitrogens is 2. The fraction of sp³-hybridized carbons (Fsp3) is 0.429. The summed E-state index contributed by atoms with van der Waals surface area (Å²) in [5, 5.41) is 2.74. The van der Waals surface area contributed by atoms with Crippen molar-refractivity contribution in [2.24, 2.45) is 7.05 Å². The SMILES string of the molecule is Cn1ncc(Cl)c1C(=O)C(F)(F)C(F)(F)F. The molecule has 1 heterocycles. The van der Waals surface area contributed by atoms with Crippen LogP contribution in [0.3, 0.4) is 0 Å². The maximum absolute atomic E-state index is 12.7. The van der Waals surface area contributed by atoms with Gasteiger partial charge in [0.2, 0.25) is 0 Å². The van der Waals surface area contributed by atoms with Crippen molar-refractivity contribution in [3.63, 3.8) is 0 Å². The number of ketones is 1. The summed E-state index contributed by atoms with van der Waals surface area (Å²) in [7, 11) is 1.03. The molecule has 0 aliphatic rings. The van der Waals surface area contributed by atoms with E-state index in [0.717, 1.165) is 13.2 Å². The molecule has 0 fully saturated rings. The Kier molecular flexibility index (Phi) is 2.97. The van der Waals surface area contributed by atoms with Gasteiger partial charge in [-0.15, -0.1) is 0 Å². The van der Waals surface area contributed by atoms with Gasteiger partial charge in [0.05, 0.1) is 11.2 Å². The highest BCUT2D eigenvalue weighted by Gasteiger charge is 2.64. The first kappa shape index (κ1) is 12.9. The minimum absolute atomic E-state index is 0.559. The highest BCUT2D eigenvalue weighted by molar-refractivity contribution is 6.33. The average Bonchev–Trinajstić information content (AvgIpc) is 2.43. The van der Waals surface area contributed by atoms with Gasteiger partial charge in [-0.3, -0.25) is 9.48 Å². The molecule has 0 saturated heterocycles. The second-order valence-corrected chi connectivity index (χ2v) is 3.27. The third-order valence-corrected chi connectivity index (χ3v) is 2.03. The van der Waals surface area contributed by atoms with Gasteiger partial charge in [0.25, 0.3) is 5.78 Å². The Morgan fingerprint density at radius 3 is 2.19 bits per heavy atom. The Bertz CT molecular complexity index is 405. The molecule has 0 bridgehead atoms. The molecule has 9 heteroatoms. The lowest BCUT2D eigenvalue weighted by Crippen LogP contribution is -2.44. The first-order valence-electron chi connectivity index (χ1n) is 3.76. The molecule has 3 nitrogen and oxygen atoms in total. The number of carbonyl (C=O) groups is 1. The predicted molar refractivity (Wildman–Crippen MR) is 43.6 cm³/mol. The zero-order valence-electron chi connectivity index (χ0n) is 7.65. The summed E-state index contributed by atoms with van der Waals surface area (Å²) in [5.41, 5.74) is -0.982. The Balaban J connectivity index is 3.23. The Morgan fingerprint density at radius 2 is 1.88 bits per heavy atom. The number of nitrogens with zero attached hydrogens (tertiary/aromatic N) is 2. The summed E-state index contributed by atoms with van der Waals surface area (Å²) in [6, 6.07) is 0. The summed E-state index contributed by atoms with van der Waals surface area (Å²) >= 11 is 5.29. The summed E-state index contributed by atoms with van der Waals surface area (Å²) in [6.45, 7) is 0. The first-order valence-corrected chi connectivity index (χ1v) is 4.13. The maximum Gasteiger partial charge on any atom is 0.461 e. The quantitative estimate of drug-likeness (QED) is 0.606. The molecule has 0 saturated carbocycles. The number of rotatable bonds is 2. The molecule has 0 radical (unpaired) electrons. The normalized spacial score (nSPS) is 12.9. The van der Waals surface area contributed by atoms with Crippen molar-refractivity contribution in [2.45, 2.75) is 12.1 Å². The zero-order valence-corrected chi connectivity index (χ0v) is 8.40. The second kappa shape index (κ2) is 3.69. The number of aryl methyl sites for hydroxylation is 1. The van der Waals surface area contributed by atoms with Crippen LogP contribution in [0.15, 0.2) is 6.20 Å². The van der Waals surface area contributed by atoms with Gasteiger partial charge < -0.3 is 0 Å². The molecule has 0 atom stereocenters. The fourth-order valence-electron chi connectivity index (χ4n) is 0.944. The van der Waals surface area contributed by atoms with Gasteiger partial charge in [0.15, 0.2) is 0 Å². The zero-order chi connectivity index (χ0) is 12.7. The highest BCUT2D eigenvalue weighted by atomic mass is 35.5. The molecule has 0 unspecified atom stereocenters. The summed E-state index contributed by atoms with van der Waals surface area (Å²) in [6.07, 6.45) is -5.15. The lowest BCUT2D eigenvalue weighted by atomic mass is 10.1. The molecule has 0 N–H and O–H groups in total. The fourth-order valence-corrected chi connectivity index (χ4v) is 1.20. The van der Waals surface area contributed by atoms with Crippen molar-refractivity contribution in [2.75, 3.05) is 0 Å². The summed E-state index contributed by atoms with van der Waals surface area (Å²) < 4.78 is 61.6. The third kappa shape index (κ3) is 1.89. The van der Waals surface area contributed by atoms with Crippen molar-refractivity contribution in [3.05, 3.63) is 16.9 Å². The molecule has 16 heavy (non-hydrogen) atoms. The second-order valence-electron chi connectivity index (χ2n) is 2.87. The van der Waals surface area contributed by atoms with E-state index >= 15 is 0 Å². The molecular weight excluding hydrogens is 259 g/mol. The van der Waals surface area contributed by atoms with Crippen LogP contribution in [0.5, 0.6) is 0 Å². The molecule has 1 aromatic heterocycles. The van der Waals surface area contributed by atoms with Crippen LogP contribution in [0, 0.1) is 0 Å². The molecule has 90 valence electrons. The topological polar surface area (TPSA) is 34.9 Å². The molecule has 1 aromatic rings. The predicted octanol–water partition coefficient (Wildman–Crippen LogP) is 2.45. The minimum atomic E-state index is -5.96. The van der Waals surface area contributed by atoms with Crippen LogP contribution in [0.2, 0.25) is 5.02 Å². The number of halogens is 6. The van der Waals surface area contributed by atoms with E-state index in [-0.39, 0.29) is 0 Å². The van der Waals surface area contributed by atoms with Crippen molar-refractivity contribution in [1.29, 1.82) is 0 Å². The van der Waals surface area contributed by atoms with E-state index in [1.54, 1.807) is 0 Å². The summed E-state index contributed by atoms with van der Waals surface area (Å²) in [4.78, 5) is 11.0. The van der Waals surface area contributed by atoms with E-state index in [1.165, 1.54) is 0 Å². The van der Waals surface area contributed by atoms with Gasteiger partial charge in [-0.2, -0.15) is 27.1 Å². The van der Waals surface area contributed by atoms with Crippen molar-refractivity contribution < 1.29 is 26.7 Å². The number of hydrogen-bond donors (Lipinski definition) is 0. The number of Topliss-reactive ketones (excluding diaryl/α,β-unsaturated/α-hetero) is 1. The van der Waals surface area contributed by atoms with Gasteiger partial charge in [-0.25, -0.2) is 0 Å². The van der Waals surface area contributed by atoms with Crippen LogP contribution in [0.1, 0.15) is 10.5 Å². The summed E-state index contributed by atoms with van der Waals surface area (Å²) in [5.74, 6) is -7.91. The minimum Gasteiger partial charge on any atom is -0.285 e. The Morgan fingerprint density at radius 1 is 1.38 bits per heavy atom. The van der Waals surface area contributed by atoms with Crippen LogP contribution in [0.25, 0.3) is 0 Å². The van der Waals surface area contributed by atoms with E-state index in [0.29, 0.717) is 4.68 Å². The maximum atomic E-state index is 12.7. The van der Waals surface area contributed by atoms with Gasteiger partial charge >= 0.3 is 12.1 Å². The van der Waals surface area contributed by atoms with Gasteiger partial charge in [0.1, 0.15) is 5.69 Å². The van der Waals surface area contributed by atoms with E-state index in [4.69, 9.17) is 11.6 Å². The molecule has 1 rings (SSSR count). The molecule has 0 amide bonds. The Labute approximate surface area is 90.8 Å². The third-order valence-electron chi connectivity index (χ3n) is 1.75. The van der Waals surface area contributed by atoms with Crippen LogP contribution in [-0.4, -0.2) is 27.7 Å². The van der Waals surface area contributed by atoms with Gasteiger partial charge in [0, 0.05) is 7.05 Å². The highest BCUT2D eigenvalue weighted by Crippen LogP contribution is 2.38. The molecule has 0 aromatic carbocycles. The van der Waals surface area contributed by atoms with Crippen LogP contribution in [0.4, 0.5) is 22.0 Å². The van der Waals surface area contributed by atoms with E-state index < -0.39 is 28.6 Å². The lowest BCUT2D eigenvalue weighted by Gasteiger charge is -2.18. The van der Waals surface area contributed by atoms with Crippen LogP contribution >= 0.6 is 11.6 Å². The molecule has 0 aliphatic heterocycles. The number of hydrogen-bond acceptors (Lipinski definition) is 2. The van der Waals surface area contributed by atoms with Gasteiger partial charge in [-0.1, -0.05) is 11.6 Å². The smallest absolute Gasteiger partial charge is 0.285 e. The van der Waals surface area contributed by atoms with Gasteiger partial charge in [-0.05, 0) is 0 Å². The molecule has 0 spiro atoms. The van der Waals surface area contributed by atoms with Crippen LogP contribution < -0.4 is 0 Å².